The van der Waals surface area contributed by atoms with E-state index < -0.39 is 0 Å². The number of carbonyl (C=O) groups excluding carboxylic acids is 2. The summed E-state index contributed by atoms with van der Waals surface area (Å²) in [5, 5.41) is 6.35. The molecule has 1 saturated heterocycles. The molecule has 6 heteroatoms. The smallest absolute Gasteiger partial charge is 0.321 e. The van der Waals surface area contributed by atoms with E-state index in [4.69, 9.17) is 5.73 Å². The van der Waals surface area contributed by atoms with Gasteiger partial charge in [-0.1, -0.05) is 18.6 Å². The highest BCUT2D eigenvalue weighted by Gasteiger charge is 2.41. The van der Waals surface area contributed by atoms with Gasteiger partial charge in [0.1, 0.15) is 0 Å². The highest BCUT2D eigenvalue weighted by Crippen LogP contribution is 2.39. The third-order valence-electron chi connectivity index (χ3n) is 7.03. The molecule has 158 valence electrons. The number of amides is 3. The van der Waals surface area contributed by atoms with E-state index in [0.29, 0.717) is 24.9 Å². The van der Waals surface area contributed by atoms with Gasteiger partial charge < -0.3 is 21.3 Å². The summed E-state index contributed by atoms with van der Waals surface area (Å²) in [6, 6.07) is 8.23. The number of urea groups is 1. The second-order valence-corrected chi connectivity index (χ2v) is 9.30. The predicted octanol–water partition coefficient (Wildman–Crippen LogP) is 3.26. The average molecular weight is 399 g/mol. The van der Waals surface area contributed by atoms with Crippen molar-refractivity contribution in [1.82, 2.24) is 10.2 Å². The Morgan fingerprint density at radius 2 is 1.86 bits per heavy atom. The van der Waals surface area contributed by atoms with E-state index in [1.54, 1.807) is 4.90 Å². The summed E-state index contributed by atoms with van der Waals surface area (Å²) in [5.41, 5.74) is 8.13. The van der Waals surface area contributed by atoms with Gasteiger partial charge in [0.15, 0.2) is 0 Å². The monoisotopic (exact) mass is 398 g/mol. The van der Waals surface area contributed by atoms with E-state index in [1.165, 1.54) is 19.3 Å². The van der Waals surface area contributed by atoms with Gasteiger partial charge in [0.25, 0.3) is 0 Å². The van der Waals surface area contributed by atoms with Crippen molar-refractivity contribution >= 4 is 17.6 Å². The minimum Gasteiger partial charge on any atom is -0.353 e. The van der Waals surface area contributed by atoms with Crippen molar-refractivity contribution in [3.63, 3.8) is 0 Å². The fourth-order valence-corrected chi connectivity index (χ4v) is 5.61. The van der Waals surface area contributed by atoms with Crippen molar-refractivity contribution in [3.05, 3.63) is 29.8 Å². The number of nitrogens with two attached hydrogens (primary N) is 1. The van der Waals surface area contributed by atoms with Crippen LogP contribution in [0, 0.1) is 24.7 Å². The van der Waals surface area contributed by atoms with Crippen molar-refractivity contribution < 1.29 is 9.59 Å². The number of aryl methyl sites for hydroxylation is 1. The number of nitrogens with zero attached hydrogens (tertiary/aromatic N) is 1. The van der Waals surface area contributed by atoms with Gasteiger partial charge in [-0.25, -0.2) is 4.79 Å². The highest BCUT2D eigenvalue weighted by molar-refractivity contribution is 5.90. The molecule has 3 unspecified atom stereocenters. The second kappa shape index (κ2) is 8.74. The molecule has 1 aromatic carbocycles. The van der Waals surface area contributed by atoms with Crippen LogP contribution in [0.1, 0.15) is 50.5 Å². The fourth-order valence-electron chi connectivity index (χ4n) is 5.61. The molecule has 2 bridgehead atoms. The molecule has 1 aromatic rings. The molecular formula is C23H34N4O2. The van der Waals surface area contributed by atoms with Crippen molar-refractivity contribution in [2.24, 2.45) is 23.5 Å². The van der Waals surface area contributed by atoms with Crippen LogP contribution in [0.3, 0.4) is 0 Å². The quantitative estimate of drug-likeness (QED) is 0.730. The van der Waals surface area contributed by atoms with Crippen molar-refractivity contribution in [3.8, 4) is 0 Å². The molecule has 4 rings (SSSR count). The maximum absolute atomic E-state index is 13.0. The van der Waals surface area contributed by atoms with Crippen LogP contribution in [0.5, 0.6) is 0 Å². The van der Waals surface area contributed by atoms with E-state index in [-0.39, 0.29) is 29.9 Å². The molecule has 0 aromatic heterocycles. The third kappa shape index (κ3) is 4.74. The van der Waals surface area contributed by atoms with E-state index in [2.05, 4.69) is 10.6 Å². The van der Waals surface area contributed by atoms with Crippen molar-refractivity contribution in [2.45, 2.75) is 64.0 Å². The largest absolute Gasteiger partial charge is 0.353 e. The van der Waals surface area contributed by atoms with Crippen molar-refractivity contribution in [1.29, 1.82) is 0 Å². The Bertz CT molecular complexity index is 738. The Labute approximate surface area is 173 Å². The maximum Gasteiger partial charge on any atom is 0.321 e. The fraction of sp³-hybridized carbons (Fsp3) is 0.652. The number of benzene rings is 1. The Hall–Kier alpha value is -2.08. The van der Waals surface area contributed by atoms with Crippen LogP contribution < -0.4 is 16.4 Å². The predicted molar refractivity (Wildman–Crippen MR) is 114 cm³/mol. The van der Waals surface area contributed by atoms with E-state index in [0.717, 1.165) is 36.9 Å². The lowest BCUT2D eigenvalue weighted by Gasteiger charge is -2.46. The molecule has 1 aliphatic heterocycles. The number of fused-ring (bicyclic) bond motifs is 2. The molecule has 1 heterocycles. The van der Waals surface area contributed by atoms with Gasteiger partial charge in [0.2, 0.25) is 5.91 Å². The van der Waals surface area contributed by atoms with Gasteiger partial charge in [0.05, 0.1) is 5.92 Å². The maximum atomic E-state index is 13.0. The molecule has 0 radical (unpaired) electrons. The van der Waals surface area contributed by atoms with Crippen molar-refractivity contribution in [2.75, 3.05) is 18.4 Å². The van der Waals surface area contributed by atoms with Crippen LogP contribution in [0.4, 0.5) is 10.5 Å². The standard InChI is InChI=1S/C23H34N4O2/c1-15-5-2-9-20(11-15)25-23(29)27-10-4-8-18(14-27)22(28)26-21-16-6-3-7-17(21)13-19(24)12-16/h2,5,9,11,16-19,21H,3-4,6-8,10,12-14,24H2,1H3,(H,25,29)(H,26,28). The van der Waals surface area contributed by atoms with Crippen LogP contribution in [0.2, 0.25) is 0 Å². The first-order chi connectivity index (χ1) is 14.0. The lowest BCUT2D eigenvalue weighted by atomic mass is 9.67. The molecule has 2 aliphatic carbocycles. The highest BCUT2D eigenvalue weighted by atomic mass is 16.2. The van der Waals surface area contributed by atoms with Gasteiger partial charge in [-0.15, -0.1) is 0 Å². The summed E-state index contributed by atoms with van der Waals surface area (Å²) in [4.78, 5) is 27.5. The topological polar surface area (TPSA) is 87.5 Å². The molecule has 0 spiro atoms. The number of piperidine rings is 1. The Balaban J connectivity index is 1.34. The number of rotatable bonds is 3. The molecule has 3 fully saturated rings. The molecule has 6 nitrogen and oxygen atoms in total. The van der Waals surface area contributed by atoms with Gasteiger partial charge in [-0.05, 0) is 75.0 Å². The zero-order chi connectivity index (χ0) is 20.4. The summed E-state index contributed by atoms with van der Waals surface area (Å²) < 4.78 is 0. The zero-order valence-electron chi connectivity index (χ0n) is 17.4. The lowest BCUT2D eigenvalue weighted by Crippen LogP contribution is -2.56. The van der Waals surface area contributed by atoms with Gasteiger partial charge in [-0.2, -0.15) is 0 Å². The molecule has 4 N–H and O–H groups in total. The summed E-state index contributed by atoms with van der Waals surface area (Å²) >= 11 is 0. The first-order valence-corrected chi connectivity index (χ1v) is 11.2. The number of carbonyl (C=O) groups is 2. The Morgan fingerprint density at radius 3 is 2.59 bits per heavy atom. The second-order valence-electron chi connectivity index (χ2n) is 9.30. The van der Waals surface area contributed by atoms with E-state index >= 15 is 0 Å². The summed E-state index contributed by atoms with van der Waals surface area (Å²) in [5.74, 6) is 1.04. The van der Waals surface area contributed by atoms with Gasteiger partial charge >= 0.3 is 6.03 Å². The summed E-state index contributed by atoms with van der Waals surface area (Å²) in [7, 11) is 0. The van der Waals surface area contributed by atoms with Crippen LogP contribution in [-0.4, -0.2) is 42.0 Å². The SMILES string of the molecule is Cc1cccc(NC(=O)N2CCCC(C(=O)NC3C4CCCC3CC(N)C4)C2)c1. The Morgan fingerprint density at radius 1 is 1.10 bits per heavy atom. The first kappa shape index (κ1) is 20.2. The molecular weight excluding hydrogens is 364 g/mol. The summed E-state index contributed by atoms with van der Waals surface area (Å²) in [6.07, 6.45) is 7.36. The number of anilines is 1. The zero-order valence-corrected chi connectivity index (χ0v) is 17.4. The van der Waals surface area contributed by atoms with Crippen LogP contribution in [-0.2, 0) is 4.79 Å². The molecule has 3 amide bonds. The minimum absolute atomic E-state index is 0.117. The van der Waals surface area contributed by atoms with Crippen LogP contribution >= 0.6 is 0 Å². The van der Waals surface area contributed by atoms with Crippen LogP contribution in [0.15, 0.2) is 24.3 Å². The normalized spacial score (nSPS) is 31.8. The van der Waals surface area contributed by atoms with E-state index in [1.807, 2.05) is 31.2 Å². The lowest BCUT2D eigenvalue weighted by molar-refractivity contribution is -0.128. The number of hydrogen-bond acceptors (Lipinski definition) is 3. The minimum atomic E-state index is -0.122. The van der Waals surface area contributed by atoms with Gasteiger partial charge in [0, 0.05) is 30.9 Å². The third-order valence-corrected chi connectivity index (χ3v) is 7.03. The average Bonchev–Trinajstić information content (AvgIpc) is 2.69. The van der Waals surface area contributed by atoms with Crippen LogP contribution in [0.25, 0.3) is 0 Å². The van der Waals surface area contributed by atoms with Gasteiger partial charge in [-0.3, -0.25) is 4.79 Å². The number of likely N-dealkylation sites (tertiary alicyclic amines) is 1. The molecule has 3 aliphatic rings. The number of nitrogens with one attached hydrogen (secondary N) is 2. The molecule has 3 atom stereocenters. The number of hydrogen-bond donors (Lipinski definition) is 3. The molecule has 2 saturated carbocycles. The Kier molecular flexibility index (Phi) is 6.09. The van der Waals surface area contributed by atoms with E-state index in [9.17, 15) is 9.59 Å². The first-order valence-electron chi connectivity index (χ1n) is 11.2. The molecule has 29 heavy (non-hydrogen) atoms. The summed E-state index contributed by atoms with van der Waals surface area (Å²) in [6.45, 7) is 3.19.